The summed E-state index contributed by atoms with van der Waals surface area (Å²) in [6.07, 6.45) is 4.97. The van der Waals surface area contributed by atoms with Crippen LogP contribution in [-0.2, 0) is 14.3 Å². The van der Waals surface area contributed by atoms with Crippen LogP contribution in [0.2, 0.25) is 0 Å². The van der Waals surface area contributed by atoms with Crippen LogP contribution in [0.4, 0.5) is 0 Å². The molecule has 26 heavy (non-hydrogen) atoms. The number of piperidine rings is 1. The van der Waals surface area contributed by atoms with E-state index in [2.05, 4.69) is 20.5 Å². The number of primary amides is 1. The van der Waals surface area contributed by atoms with Crippen LogP contribution in [0, 0.1) is 5.92 Å². The molecule has 0 saturated carbocycles. The van der Waals surface area contributed by atoms with E-state index < -0.39 is 0 Å². The van der Waals surface area contributed by atoms with E-state index in [-0.39, 0.29) is 11.8 Å². The molecule has 0 unspecified atom stereocenters. The van der Waals surface area contributed by atoms with E-state index in [0.29, 0.717) is 13.2 Å². The van der Waals surface area contributed by atoms with E-state index in [4.69, 9.17) is 15.2 Å². The van der Waals surface area contributed by atoms with Gasteiger partial charge in [-0.3, -0.25) is 9.79 Å². The van der Waals surface area contributed by atoms with Crippen LogP contribution in [-0.4, -0.2) is 83.5 Å². The molecule has 1 fully saturated rings. The van der Waals surface area contributed by atoms with Crippen molar-refractivity contribution in [2.45, 2.75) is 32.1 Å². The number of nitrogens with two attached hydrogens (primary N) is 1. The first-order valence-corrected chi connectivity index (χ1v) is 9.70. The lowest BCUT2D eigenvalue weighted by Gasteiger charge is -2.30. The Bertz CT molecular complexity index is 398. The van der Waals surface area contributed by atoms with Gasteiger partial charge in [0.25, 0.3) is 0 Å². The molecule has 1 rings (SSSR count). The van der Waals surface area contributed by atoms with Gasteiger partial charge in [-0.15, -0.1) is 0 Å². The lowest BCUT2D eigenvalue weighted by Crippen LogP contribution is -2.40. The molecular formula is C18H37N5O3. The number of rotatable bonds is 13. The van der Waals surface area contributed by atoms with Gasteiger partial charge in [0.1, 0.15) is 0 Å². The van der Waals surface area contributed by atoms with Gasteiger partial charge in [0.05, 0.1) is 13.2 Å². The number of carbonyl (C=O) groups is 1. The van der Waals surface area contributed by atoms with Crippen molar-refractivity contribution in [3.63, 3.8) is 0 Å². The van der Waals surface area contributed by atoms with E-state index in [0.717, 1.165) is 77.4 Å². The molecule has 0 atom stereocenters. The molecular weight excluding hydrogens is 334 g/mol. The molecule has 1 heterocycles. The Morgan fingerprint density at radius 1 is 1.12 bits per heavy atom. The Balaban J connectivity index is 1.96. The quantitative estimate of drug-likeness (QED) is 0.243. The van der Waals surface area contributed by atoms with Crippen molar-refractivity contribution < 1.29 is 14.3 Å². The maximum Gasteiger partial charge on any atom is 0.220 e. The molecule has 0 aromatic heterocycles. The predicted octanol–water partition coefficient (Wildman–Crippen LogP) is 0.182. The minimum absolute atomic E-state index is 0.0766. The molecule has 0 aromatic carbocycles. The third kappa shape index (κ3) is 10.6. The monoisotopic (exact) mass is 371 g/mol. The summed E-state index contributed by atoms with van der Waals surface area (Å²) in [4.78, 5) is 17.8. The zero-order valence-electron chi connectivity index (χ0n) is 16.5. The van der Waals surface area contributed by atoms with Crippen LogP contribution >= 0.6 is 0 Å². The summed E-state index contributed by atoms with van der Waals surface area (Å²) in [6, 6.07) is 0. The van der Waals surface area contributed by atoms with E-state index >= 15 is 0 Å². The second-order valence-corrected chi connectivity index (χ2v) is 6.61. The molecule has 0 aromatic rings. The van der Waals surface area contributed by atoms with Gasteiger partial charge >= 0.3 is 0 Å². The van der Waals surface area contributed by atoms with Crippen molar-refractivity contribution in [2.24, 2.45) is 16.6 Å². The van der Waals surface area contributed by atoms with Gasteiger partial charge < -0.3 is 30.7 Å². The maximum atomic E-state index is 11.2. The summed E-state index contributed by atoms with van der Waals surface area (Å²) < 4.78 is 10.4. The molecule has 1 aliphatic heterocycles. The largest absolute Gasteiger partial charge is 0.382 e. The van der Waals surface area contributed by atoms with Gasteiger partial charge in [-0.05, 0) is 51.7 Å². The minimum atomic E-state index is -0.144. The summed E-state index contributed by atoms with van der Waals surface area (Å²) in [5, 5.41) is 6.63. The van der Waals surface area contributed by atoms with Gasteiger partial charge in [-0.25, -0.2) is 0 Å². The molecule has 152 valence electrons. The zero-order valence-corrected chi connectivity index (χ0v) is 16.5. The average Bonchev–Trinajstić information content (AvgIpc) is 2.65. The molecule has 0 aliphatic carbocycles. The van der Waals surface area contributed by atoms with E-state index in [1.165, 1.54) is 0 Å². The number of nitrogens with zero attached hydrogens (tertiary/aromatic N) is 2. The second kappa shape index (κ2) is 14.8. The van der Waals surface area contributed by atoms with E-state index in [9.17, 15) is 4.79 Å². The fourth-order valence-corrected chi connectivity index (χ4v) is 2.95. The Hall–Kier alpha value is -1.38. The molecule has 1 aliphatic rings. The van der Waals surface area contributed by atoms with Crippen molar-refractivity contribution in [2.75, 3.05) is 66.7 Å². The lowest BCUT2D eigenvalue weighted by molar-refractivity contribution is -0.123. The number of likely N-dealkylation sites (tertiary alicyclic amines) is 1. The first kappa shape index (κ1) is 22.7. The number of amides is 1. The Morgan fingerprint density at radius 2 is 1.81 bits per heavy atom. The molecule has 0 radical (unpaired) electrons. The normalized spacial score (nSPS) is 16.6. The highest BCUT2D eigenvalue weighted by atomic mass is 16.5. The highest BCUT2D eigenvalue weighted by Crippen LogP contribution is 2.16. The van der Waals surface area contributed by atoms with Crippen LogP contribution < -0.4 is 16.4 Å². The van der Waals surface area contributed by atoms with Crippen molar-refractivity contribution >= 4 is 11.9 Å². The Labute approximate surface area is 157 Å². The number of hydrogen-bond donors (Lipinski definition) is 3. The molecule has 1 saturated heterocycles. The SMILES string of the molecule is CN=C(NCCCCN1CCC(C(N)=O)CC1)NCCCOCCOC. The summed E-state index contributed by atoms with van der Waals surface area (Å²) in [6.45, 7) is 6.79. The summed E-state index contributed by atoms with van der Waals surface area (Å²) in [7, 11) is 3.46. The van der Waals surface area contributed by atoms with Crippen molar-refractivity contribution in [1.29, 1.82) is 0 Å². The van der Waals surface area contributed by atoms with Gasteiger partial charge in [0, 0.05) is 39.8 Å². The van der Waals surface area contributed by atoms with Gasteiger partial charge in [0.15, 0.2) is 5.96 Å². The van der Waals surface area contributed by atoms with Crippen LogP contribution in [0.1, 0.15) is 32.1 Å². The van der Waals surface area contributed by atoms with Crippen LogP contribution in [0.5, 0.6) is 0 Å². The van der Waals surface area contributed by atoms with E-state index in [1.54, 1.807) is 14.2 Å². The number of unbranched alkanes of at least 4 members (excludes halogenated alkanes) is 1. The predicted molar refractivity (Wildman–Crippen MR) is 104 cm³/mol. The second-order valence-electron chi connectivity index (χ2n) is 6.61. The molecule has 8 heteroatoms. The average molecular weight is 372 g/mol. The minimum Gasteiger partial charge on any atom is -0.382 e. The molecule has 0 bridgehead atoms. The fraction of sp³-hybridized carbons (Fsp3) is 0.889. The van der Waals surface area contributed by atoms with Crippen LogP contribution in [0.25, 0.3) is 0 Å². The summed E-state index contributed by atoms with van der Waals surface area (Å²) >= 11 is 0. The topological polar surface area (TPSA) is 101 Å². The van der Waals surface area contributed by atoms with Gasteiger partial charge in [-0.2, -0.15) is 0 Å². The molecule has 1 amide bonds. The number of methoxy groups -OCH3 is 1. The summed E-state index contributed by atoms with van der Waals surface area (Å²) in [5.74, 6) is 0.770. The third-order valence-corrected chi connectivity index (χ3v) is 4.60. The van der Waals surface area contributed by atoms with Crippen molar-refractivity contribution in [3.05, 3.63) is 0 Å². The van der Waals surface area contributed by atoms with Crippen molar-refractivity contribution in [1.82, 2.24) is 15.5 Å². The van der Waals surface area contributed by atoms with Gasteiger partial charge in [0.2, 0.25) is 5.91 Å². The Kier molecular flexibility index (Phi) is 12.9. The van der Waals surface area contributed by atoms with Crippen LogP contribution in [0.15, 0.2) is 4.99 Å². The zero-order chi connectivity index (χ0) is 19.0. The fourth-order valence-electron chi connectivity index (χ4n) is 2.95. The van der Waals surface area contributed by atoms with Gasteiger partial charge in [-0.1, -0.05) is 0 Å². The first-order valence-electron chi connectivity index (χ1n) is 9.70. The number of nitrogens with one attached hydrogen (secondary N) is 2. The molecule has 8 nitrogen and oxygen atoms in total. The third-order valence-electron chi connectivity index (χ3n) is 4.60. The van der Waals surface area contributed by atoms with Crippen molar-refractivity contribution in [3.8, 4) is 0 Å². The Morgan fingerprint density at radius 3 is 2.42 bits per heavy atom. The maximum absolute atomic E-state index is 11.2. The highest BCUT2D eigenvalue weighted by molar-refractivity contribution is 5.79. The summed E-state index contributed by atoms with van der Waals surface area (Å²) in [5.41, 5.74) is 5.37. The lowest BCUT2D eigenvalue weighted by atomic mass is 9.96. The number of hydrogen-bond acceptors (Lipinski definition) is 5. The smallest absolute Gasteiger partial charge is 0.220 e. The number of guanidine groups is 1. The van der Waals surface area contributed by atoms with E-state index in [1.807, 2.05) is 0 Å². The molecule has 4 N–H and O–H groups in total. The first-order chi connectivity index (χ1) is 12.7. The standard InChI is InChI=1S/C18H37N5O3/c1-20-18(22-9-5-13-26-15-14-25-2)21-8-3-4-10-23-11-6-16(7-12-23)17(19)24/h16H,3-15H2,1-2H3,(H2,19,24)(H2,20,21,22). The number of ether oxygens (including phenoxy) is 2. The highest BCUT2D eigenvalue weighted by Gasteiger charge is 2.22. The molecule has 0 spiro atoms. The number of carbonyl (C=O) groups excluding carboxylic acids is 1. The number of aliphatic imine (C=N–C) groups is 1. The van der Waals surface area contributed by atoms with Crippen LogP contribution in [0.3, 0.4) is 0 Å².